The molecular formula is C12H18BrClN2S. The fourth-order valence-electron chi connectivity index (χ4n) is 1.71. The summed E-state index contributed by atoms with van der Waals surface area (Å²) in [6, 6.07) is 6.10. The molecule has 1 atom stereocenters. The van der Waals surface area contributed by atoms with Crippen LogP contribution in [0.4, 0.5) is 0 Å². The zero-order chi connectivity index (χ0) is 12.8. The summed E-state index contributed by atoms with van der Waals surface area (Å²) in [6.07, 6.45) is 2.11. The molecule has 0 fully saturated rings. The topological polar surface area (TPSA) is 29.3 Å². The standard InChI is InChI=1S/C12H18BrClN2S/c1-16(5-6-17-2)12(8-15)10-4-3-9(14)7-11(10)13/h3-4,7,12H,5-6,8,15H2,1-2H3. The molecule has 0 bridgehead atoms. The fourth-order valence-corrected chi connectivity index (χ4v) is 3.12. The molecule has 96 valence electrons. The van der Waals surface area contributed by atoms with E-state index in [0.29, 0.717) is 6.54 Å². The molecule has 0 aliphatic rings. The molecule has 0 saturated heterocycles. The van der Waals surface area contributed by atoms with Crippen molar-refractivity contribution >= 4 is 39.3 Å². The van der Waals surface area contributed by atoms with E-state index in [1.807, 2.05) is 30.0 Å². The minimum Gasteiger partial charge on any atom is -0.329 e. The molecule has 0 aromatic heterocycles. The van der Waals surface area contributed by atoms with Crippen molar-refractivity contribution < 1.29 is 0 Å². The van der Waals surface area contributed by atoms with Gasteiger partial charge in [-0.1, -0.05) is 33.6 Å². The summed E-state index contributed by atoms with van der Waals surface area (Å²) in [5.41, 5.74) is 7.08. The van der Waals surface area contributed by atoms with Crippen LogP contribution in [-0.2, 0) is 0 Å². The lowest BCUT2D eigenvalue weighted by Crippen LogP contribution is -2.32. The van der Waals surface area contributed by atoms with Crippen LogP contribution >= 0.6 is 39.3 Å². The number of benzene rings is 1. The van der Waals surface area contributed by atoms with Crippen molar-refractivity contribution in [1.29, 1.82) is 0 Å². The highest BCUT2D eigenvalue weighted by molar-refractivity contribution is 9.10. The predicted molar refractivity (Wildman–Crippen MR) is 82.0 cm³/mol. The van der Waals surface area contributed by atoms with E-state index < -0.39 is 0 Å². The summed E-state index contributed by atoms with van der Waals surface area (Å²) in [6.45, 7) is 1.63. The van der Waals surface area contributed by atoms with E-state index in [9.17, 15) is 0 Å². The highest BCUT2D eigenvalue weighted by atomic mass is 79.9. The normalized spacial score (nSPS) is 13.1. The van der Waals surface area contributed by atoms with E-state index in [-0.39, 0.29) is 6.04 Å². The summed E-state index contributed by atoms with van der Waals surface area (Å²) in [5, 5.41) is 0.739. The third kappa shape index (κ3) is 4.45. The van der Waals surface area contributed by atoms with Crippen LogP contribution in [0.5, 0.6) is 0 Å². The summed E-state index contributed by atoms with van der Waals surface area (Å²) < 4.78 is 1.02. The van der Waals surface area contributed by atoms with Crippen molar-refractivity contribution in [3.05, 3.63) is 33.3 Å². The van der Waals surface area contributed by atoms with Gasteiger partial charge in [0, 0.05) is 34.4 Å². The van der Waals surface area contributed by atoms with E-state index in [4.69, 9.17) is 17.3 Å². The Morgan fingerprint density at radius 3 is 2.76 bits per heavy atom. The van der Waals surface area contributed by atoms with Crippen molar-refractivity contribution in [3.8, 4) is 0 Å². The fraction of sp³-hybridized carbons (Fsp3) is 0.500. The lowest BCUT2D eigenvalue weighted by molar-refractivity contribution is 0.265. The maximum absolute atomic E-state index is 5.95. The van der Waals surface area contributed by atoms with Gasteiger partial charge in [-0.15, -0.1) is 0 Å². The molecule has 2 nitrogen and oxygen atoms in total. The highest BCUT2D eigenvalue weighted by Gasteiger charge is 2.17. The average molecular weight is 338 g/mol. The van der Waals surface area contributed by atoms with Crippen LogP contribution in [0.1, 0.15) is 11.6 Å². The molecule has 1 unspecified atom stereocenters. The van der Waals surface area contributed by atoms with E-state index in [2.05, 4.69) is 34.1 Å². The van der Waals surface area contributed by atoms with Crippen molar-refractivity contribution in [2.24, 2.45) is 5.73 Å². The number of nitrogens with zero attached hydrogens (tertiary/aromatic N) is 1. The van der Waals surface area contributed by atoms with Crippen molar-refractivity contribution in [3.63, 3.8) is 0 Å². The summed E-state index contributed by atoms with van der Waals surface area (Å²) in [4.78, 5) is 2.28. The van der Waals surface area contributed by atoms with Crippen LogP contribution in [0, 0.1) is 0 Å². The van der Waals surface area contributed by atoms with E-state index in [0.717, 1.165) is 21.8 Å². The first-order valence-electron chi connectivity index (χ1n) is 5.44. The summed E-state index contributed by atoms with van der Waals surface area (Å²) >= 11 is 11.3. The largest absolute Gasteiger partial charge is 0.329 e. The Bertz CT molecular complexity index is 362. The van der Waals surface area contributed by atoms with Crippen molar-refractivity contribution in [1.82, 2.24) is 4.90 Å². The second-order valence-corrected chi connectivity index (χ2v) is 6.17. The predicted octanol–water partition coefficient (Wildman–Crippen LogP) is 3.40. The molecule has 2 N–H and O–H groups in total. The molecule has 0 radical (unpaired) electrons. The Labute approximate surface area is 121 Å². The average Bonchev–Trinajstić information content (AvgIpc) is 2.30. The lowest BCUT2D eigenvalue weighted by Gasteiger charge is -2.28. The minimum atomic E-state index is 0.230. The highest BCUT2D eigenvalue weighted by Crippen LogP contribution is 2.29. The Hall–Kier alpha value is 0.260. The third-order valence-corrected chi connectivity index (χ3v) is 4.24. The van der Waals surface area contributed by atoms with Gasteiger partial charge in [0.15, 0.2) is 0 Å². The first-order valence-corrected chi connectivity index (χ1v) is 8.00. The van der Waals surface area contributed by atoms with Gasteiger partial charge < -0.3 is 5.73 Å². The molecule has 17 heavy (non-hydrogen) atoms. The van der Waals surface area contributed by atoms with Crippen LogP contribution in [0.3, 0.4) is 0 Å². The molecule has 1 rings (SSSR count). The zero-order valence-corrected chi connectivity index (χ0v) is 13.3. The Morgan fingerprint density at radius 1 is 1.53 bits per heavy atom. The Kier molecular flexibility index (Phi) is 6.89. The molecule has 0 aliphatic carbocycles. The Balaban J connectivity index is 2.85. The Morgan fingerprint density at radius 2 is 2.24 bits per heavy atom. The maximum Gasteiger partial charge on any atom is 0.0478 e. The lowest BCUT2D eigenvalue weighted by atomic mass is 10.1. The molecule has 0 spiro atoms. The van der Waals surface area contributed by atoms with E-state index in [1.165, 1.54) is 5.56 Å². The number of likely N-dealkylation sites (N-methyl/N-ethyl adjacent to an activating group) is 1. The maximum atomic E-state index is 5.95. The van der Waals surface area contributed by atoms with Crippen LogP contribution in [0.25, 0.3) is 0 Å². The van der Waals surface area contributed by atoms with Gasteiger partial charge in [-0.3, -0.25) is 4.90 Å². The minimum absolute atomic E-state index is 0.230. The van der Waals surface area contributed by atoms with Crippen LogP contribution in [0.15, 0.2) is 22.7 Å². The molecular weight excluding hydrogens is 320 g/mol. The molecule has 1 aromatic carbocycles. The first kappa shape index (κ1) is 15.3. The number of nitrogens with two attached hydrogens (primary N) is 1. The van der Waals surface area contributed by atoms with E-state index >= 15 is 0 Å². The SMILES string of the molecule is CSCCN(C)C(CN)c1ccc(Cl)cc1Br. The molecule has 0 amide bonds. The van der Waals surface area contributed by atoms with Gasteiger partial charge in [0.2, 0.25) is 0 Å². The quantitative estimate of drug-likeness (QED) is 0.862. The number of thioether (sulfide) groups is 1. The van der Waals surface area contributed by atoms with Gasteiger partial charge in [0.05, 0.1) is 0 Å². The first-order chi connectivity index (χ1) is 8.10. The molecule has 0 aliphatic heterocycles. The second-order valence-electron chi connectivity index (χ2n) is 3.89. The monoisotopic (exact) mass is 336 g/mol. The second kappa shape index (κ2) is 7.64. The van der Waals surface area contributed by atoms with Gasteiger partial charge in [-0.05, 0) is 31.0 Å². The summed E-state index contributed by atoms with van der Waals surface area (Å²) in [7, 11) is 2.11. The van der Waals surface area contributed by atoms with Crippen LogP contribution in [0.2, 0.25) is 5.02 Å². The molecule has 1 aromatic rings. The van der Waals surface area contributed by atoms with Gasteiger partial charge in [-0.2, -0.15) is 11.8 Å². The van der Waals surface area contributed by atoms with Crippen LogP contribution < -0.4 is 5.73 Å². The molecule has 0 saturated carbocycles. The third-order valence-electron chi connectivity index (χ3n) is 2.72. The number of halogens is 2. The van der Waals surface area contributed by atoms with Gasteiger partial charge in [0.25, 0.3) is 0 Å². The van der Waals surface area contributed by atoms with Crippen LogP contribution in [-0.4, -0.2) is 37.0 Å². The summed E-state index contributed by atoms with van der Waals surface area (Å²) in [5.74, 6) is 1.11. The number of hydrogen-bond donors (Lipinski definition) is 1. The smallest absolute Gasteiger partial charge is 0.0478 e. The number of rotatable bonds is 6. The number of hydrogen-bond acceptors (Lipinski definition) is 3. The van der Waals surface area contributed by atoms with E-state index in [1.54, 1.807) is 0 Å². The van der Waals surface area contributed by atoms with Crippen molar-refractivity contribution in [2.45, 2.75) is 6.04 Å². The van der Waals surface area contributed by atoms with Gasteiger partial charge in [-0.25, -0.2) is 0 Å². The van der Waals surface area contributed by atoms with Gasteiger partial charge >= 0.3 is 0 Å². The molecule has 0 heterocycles. The zero-order valence-electron chi connectivity index (χ0n) is 10.1. The molecule has 5 heteroatoms. The van der Waals surface area contributed by atoms with Gasteiger partial charge in [0.1, 0.15) is 0 Å². The van der Waals surface area contributed by atoms with Crippen molar-refractivity contribution in [2.75, 3.05) is 32.1 Å².